The van der Waals surface area contributed by atoms with Gasteiger partial charge in [0.2, 0.25) is 0 Å². The van der Waals surface area contributed by atoms with Crippen LogP contribution in [0, 0.1) is 0 Å². The van der Waals surface area contributed by atoms with E-state index >= 15 is 0 Å². The predicted molar refractivity (Wildman–Crippen MR) is 44.6 cm³/mol. The number of alkyl carbamates (subject to hydrolysis) is 1. The minimum atomic E-state index is -0.535. The molecule has 0 spiro atoms. The largest absolute Gasteiger partial charge is 0.450 e. The third-order valence-electron chi connectivity index (χ3n) is 0.994. The van der Waals surface area contributed by atoms with Crippen molar-refractivity contribution < 1.29 is 14.3 Å². The maximum atomic E-state index is 10.7. The van der Waals surface area contributed by atoms with E-state index in [9.17, 15) is 9.59 Å². The van der Waals surface area contributed by atoms with Crippen molar-refractivity contribution in [1.29, 1.82) is 0 Å². The molecule has 0 unspecified atom stereocenters. The molecule has 0 aromatic carbocycles. The Balaban J connectivity index is 3.91. The Hall–Kier alpha value is -1.32. The highest BCUT2D eigenvalue weighted by atomic mass is 16.5. The van der Waals surface area contributed by atoms with Gasteiger partial charge in [-0.3, -0.25) is 10.1 Å². The van der Waals surface area contributed by atoms with Crippen LogP contribution in [-0.4, -0.2) is 18.5 Å². The summed E-state index contributed by atoms with van der Waals surface area (Å²) in [5, 5.41) is 2.39. The second-order valence-electron chi connectivity index (χ2n) is 2.28. The fourth-order valence-electron chi connectivity index (χ4n) is 0.669. The standard InChI is InChI=1S/C8H13NO3/c1-4-12-8(11)9-6(2)5-7(3)10/h5H,4H2,1-3H3,(H,9,11). The number of hydrogen-bond acceptors (Lipinski definition) is 3. The lowest BCUT2D eigenvalue weighted by Crippen LogP contribution is -2.22. The van der Waals surface area contributed by atoms with Gasteiger partial charge in [-0.25, -0.2) is 4.79 Å². The second kappa shape index (κ2) is 5.35. The Bertz CT molecular complexity index is 208. The molecule has 1 amide bonds. The SMILES string of the molecule is CCOC(=O)NC(C)=CC(C)=O. The molecule has 4 nitrogen and oxygen atoms in total. The van der Waals surface area contributed by atoms with Crippen LogP contribution in [0.3, 0.4) is 0 Å². The Morgan fingerprint density at radius 1 is 1.42 bits per heavy atom. The molecule has 0 aliphatic carbocycles. The molecule has 12 heavy (non-hydrogen) atoms. The molecule has 0 heterocycles. The third kappa shape index (κ3) is 5.46. The highest BCUT2D eigenvalue weighted by molar-refractivity contribution is 5.88. The van der Waals surface area contributed by atoms with E-state index in [0.29, 0.717) is 12.3 Å². The first-order valence-corrected chi connectivity index (χ1v) is 3.69. The van der Waals surface area contributed by atoms with Crippen molar-refractivity contribution in [3.05, 3.63) is 11.8 Å². The smallest absolute Gasteiger partial charge is 0.411 e. The monoisotopic (exact) mass is 171 g/mol. The highest BCUT2D eigenvalue weighted by Crippen LogP contribution is 1.88. The predicted octanol–water partition coefficient (Wildman–Crippen LogP) is 1.23. The third-order valence-corrected chi connectivity index (χ3v) is 0.994. The zero-order chi connectivity index (χ0) is 9.56. The molecule has 4 heteroatoms. The van der Waals surface area contributed by atoms with Crippen LogP contribution in [0.4, 0.5) is 4.79 Å². The molecule has 0 fully saturated rings. The van der Waals surface area contributed by atoms with Gasteiger partial charge in [0.1, 0.15) is 0 Å². The number of allylic oxidation sites excluding steroid dienone is 2. The summed E-state index contributed by atoms with van der Waals surface area (Å²) in [7, 11) is 0. The van der Waals surface area contributed by atoms with Gasteiger partial charge in [-0.2, -0.15) is 0 Å². The number of carbonyl (C=O) groups excluding carboxylic acids is 2. The van der Waals surface area contributed by atoms with Crippen LogP contribution in [0.1, 0.15) is 20.8 Å². The van der Waals surface area contributed by atoms with Crippen LogP contribution in [-0.2, 0) is 9.53 Å². The first-order valence-electron chi connectivity index (χ1n) is 3.69. The minimum Gasteiger partial charge on any atom is -0.450 e. The van der Waals surface area contributed by atoms with E-state index in [-0.39, 0.29) is 5.78 Å². The molecular formula is C8H13NO3. The van der Waals surface area contributed by atoms with Crippen LogP contribution >= 0.6 is 0 Å². The second-order valence-corrected chi connectivity index (χ2v) is 2.28. The first-order chi connectivity index (χ1) is 5.56. The number of rotatable bonds is 3. The zero-order valence-corrected chi connectivity index (χ0v) is 7.51. The van der Waals surface area contributed by atoms with Crippen molar-refractivity contribution in [3.63, 3.8) is 0 Å². The summed E-state index contributed by atoms with van der Waals surface area (Å²) in [4.78, 5) is 21.3. The molecule has 0 saturated heterocycles. The van der Waals surface area contributed by atoms with Crippen molar-refractivity contribution in [2.24, 2.45) is 0 Å². The van der Waals surface area contributed by atoms with E-state index in [4.69, 9.17) is 0 Å². The summed E-state index contributed by atoms with van der Waals surface area (Å²) in [6.45, 7) is 5.07. The van der Waals surface area contributed by atoms with E-state index in [1.54, 1.807) is 13.8 Å². The van der Waals surface area contributed by atoms with Crippen molar-refractivity contribution in [2.75, 3.05) is 6.61 Å². The molecule has 0 aliphatic heterocycles. The van der Waals surface area contributed by atoms with Crippen LogP contribution in [0.15, 0.2) is 11.8 Å². The Kier molecular flexibility index (Phi) is 4.76. The lowest BCUT2D eigenvalue weighted by atomic mass is 10.3. The van der Waals surface area contributed by atoms with Crippen molar-refractivity contribution in [3.8, 4) is 0 Å². The van der Waals surface area contributed by atoms with Crippen LogP contribution in [0.2, 0.25) is 0 Å². The summed E-state index contributed by atoms with van der Waals surface area (Å²) >= 11 is 0. The summed E-state index contributed by atoms with van der Waals surface area (Å²) < 4.78 is 4.59. The topological polar surface area (TPSA) is 55.4 Å². The number of amides is 1. The quantitative estimate of drug-likeness (QED) is 0.649. The van der Waals surface area contributed by atoms with Gasteiger partial charge in [0.25, 0.3) is 0 Å². The van der Waals surface area contributed by atoms with Crippen molar-refractivity contribution in [1.82, 2.24) is 5.32 Å². The van der Waals surface area contributed by atoms with E-state index < -0.39 is 6.09 Å². The Labute approximate surface area is 71.6 Å². The summed E-state index contributed by atoms with van der Waals surface area (Å²) in [6, 6.07) is 0. The molecule has 0 aromatic heterocycles. The first kappa shape index (κ1) is 10.7. The van der Waals surface area contributed by atoms with Crippen LogP contribution in [0.5, 0.6) is 0 Å². The highest BCUT2D eigenvalue weighted by Gasteiger charge is 1.99. The molecule has 0 saturated carbocycles. The van der Waals surface area contributed by atoms with Gasteiger partial charge in [0.05, 0.1) is 6.61 Å². The number of hydrogen-bond donors (Lipinski definition) is 1. The van der Waals surface area contributed by atoms with E-state index in [0.717, 1.165) is 0 Å². The van der Waals surface area contributed by atoms with Gasteiger partial charge in [-0.05, 0) is 26.8 Å². The molecule has 0 rings (SSSR count). The fraction of sp³-hybridized carbons (Fsp3) is 0.500. The van der Waals surface area contributed by atoms with Crippen LogP contribution < -0.4 is 5.32 Å². The Morgan fingerprint density at radius 3 is 2.42 bits per heavy atom. The lowest BCUT2D eigenvalue weighted by molar-refractivity contribution is -0.112. The lowest BCUT2D eigenvalue weighted by Gasteiger charge is -2.03. The van der Waals surface area contributed by atoms with Gasteiger partial charge in [-0.1, -0.05) is 0 Å². The molecule has 0 bridgehead atoms. The maximum Gasteiger partial charge on any atom is 0.411 e. The molecule has 0 aromatic rings. The van der Waals surface area contributed by atoms with Crippen LogP contribution in [0.25, 0.3) is 0 Å². The molecular weight excluding hydrogens is 158 g/mol. The van der Waals surface area contributed by atoms with Gasteiger partial charge in [0, 0.05) is 5.70 Å². The van der Waals surface area contributed by atoms with Gasteiger partial charge >= 0.3 is 6.09 Å². The zero-order valence-electron chi connectivity index (χ0n) is 7.51. The normalized spacial score (nSPS) is 10.8. The van der Waals surface area contributed by atoms with Gasteiger partial charge in [-0.15, -0.1) is 0 Å². The number of ketones is 1. The average molecular weight is 171 g/mol. The van der Waals surface area contributed by atoms with E-state index in [1.165, 1.54) is 13.0 Å². The van der Waals surface area contributed by atoms with E-state index in [2.05, 4.69) is 10.1 Å². The van der Waals surface area contributed by atoms with Crippen molar-refractivity contribution >= 4 is 11.9 Å². The van der Waals surface area contributed by atoms with Gasteiger partial charge in [0.15, 0.2) is 5.78 Å². The average Bonchev–Trinajstić information content (AvgIpc) is 1.84. The maximum absolute atomic E-state index is 10.7. The number of carbonyl (C=O) groups is 2. The van der Waals surface area contributed by atoms with Crippen molar-refractivity contribution in [2.45, 2.75) is 20.8 Å². The number of ether oxygens (including phenoxy) is 1. The molecule has 0 atom stereocenters. The minimum absolute atomic E-state index is 0.107. The molecule has 0 aliphatic rings. The summed E-state index contributed by atoms with van der Waals surface area (Å²) in [6.07, 6.45) is 0.796. The molecule has 1 N–H and O–H groups in total. The Morgan fingerprint density at radius 2 is 2.00 bits per heavy atom. The van der Waals surface area contributed by atoms with E-state index in [1.807, 2.05) is 0 Å². The molecule has 68 valence electrons. The fourth-order valence-corrected chi connectivity index (χ4v) is 0.669. The van der Waals surface area contributed by atoms with Gasteiger partial charge < -0.3 is 4.74 Å². The molecule has 0 radical (unpaired) electrons. The summed E-state index contributed by atoms with van der Waals surface area (Å²) in [5.41, 5.74) is 0.487. The number of nitrogens with one attached hydrogen (secondary N) is 1. The summed E-state index contributed by atoms with van der Waals surface area (Å²) in [5.74, 6) is -0.107.